The fourth-order valence-electron chi connectivity index (χ4n) is 6.85. The van der Waals surface area contributed by atoms with Gasteiger partial charge in [0.2, 0.25) is 0 Å². The topological polar surface area (TPSA) is 80.5 Å². The Morgan fingerprint density at radius 1 is 0.886 bits per heavy atom. The molecule has 2 aromatic carbocycles. The second-order valence-electron chi connectivity index (χ2n) is 16.0. The van der Waals surface area contributed by atoms with E-state index in [0.717, 1.165) is 27.5 Å². The number of aromatic nitrogens is 4. The molecule has 8 nitrogen and oxygen atoms in total. The van der Waals surface area contributed by atoms with Crippen LogP contribution < -0.4 is 0 Å². The van der Waals surface area contributed by atoms with Crippen LogP contribution in [0.25, 0.3) is 33.2 Å². The van der Waals surface area contributed by atoms with Gasteiger partial charge in [0.05, 0.1) is 12.9 Å². The van der Waals surface area contributed by atoms with Gasteiger partial charge in [-0.05, 0) is 28.9 Å². The summed E-state index contributed by atoms with van der Waals surface area (Å²) >= 11 is 0. The molecule has 4 heterocycles. The van der Waals surface area contributed by atoms with Gasteiger partial charge in [0, 0.05) is 15.6 Å². The highest BCUT2D eigenvalue weighted by Crippen LogP contribution is 2.56. The summed E-state index contributed by atoms with van der Waals surface area (Å²) < 4.78 is 30.3. The molecule has 2 aliphatic heterocycles. The molecule has 2 fully saturated rings. The zero-order valence-corrected chi connectivity index (χ0v) is 30.1. The molecule has 0 amide bonds. The Kier molecular flexibility index (Phi) is 7.54. The summed E-state index contributed by atoms with van der Waals surface area (Å²) in [5.41, 5.74) is 3.28. The molecule has 10 heteroatoms. The Labute approximate surface area is 263 Å². The van der Waals surface area contributed by atoms with E-state index in [1.165, 1.54) is 0 Å². The van der Waals surface area contributed by atoms with Crippen molar-refractivity contribution in [3.63, 3.8) is 0 Å². The first kappa shape index (κ1) is 31.5. The first-order valence-corrected chi connectivity index (χ1v) is 20.5. The molecule has 6 rings (SSSR count). The quantitative estimate of drug-likeness (QED) is 0.209. The van der Waals surface area contributed by atoms with Crippen LogP contribution in [0.2, 0.25) is 28.2 Å². The van der Waals surface area contributed by atoms with Crippen molar-refractivity contribution in [3.05, 3.63) is 55.1 Å². The molecule has 0 N–H and O–H groups in total. The fraction of sp³-hybridized carbons (Fsp3) is 0.559. The summed E-state index contributed by atoms with van der Waals surface area (Å²) in [6.45, 7) is 25.4. The molecule has 0 spiro atoms. The van der Waals surface area contributed by atoms with Gasteiger partial charge in [-0.25, -0.2) is 15.0 Å². The van der Waals surface area contributed by atoms with Crippen LogP contribution in [-0.2, 0) is 18.0 Å². The molecule has 2 aromatic heterocycles. The van der Waals surface area contributed by atoms with Gasteiger partial charge in [0.25, 0.3) is 0 Å². The van der Waals surface area contributed by atoms with Crippen molar-refractivity contribution in [1.82, 2.24) is 19.5 Å². The maximum Gasteiger partial charge on any atom is 0.349 e. The molecule has 0 bridgehead atoms. The van der Waals surface area contributed by atoms with E-state index in [1.807, 2.05) is 10.9 Å². The minimum Gasteiger partial charge on any atom is -0.407 e. The number of fused-ring (bicyclic) bond motifs is 3. The van der Waals surface area contributed by atoms with Crippen molar-refractivity contribution < 1.29 is 18.0 Å². The number of hydrogen-bond acceptors (Lipinski definition) is 7. The van der Waals surface area contributed by atoms with Crippen molar-refractivity contribution in [2.75, 3.05) is 6.61 Å². The summed E-state index contributed by atoms with van der Waals surface area (Å²) in [5, 5.41) is 1.98. The highest BCUT2D eigenvalue weighted by molar-refractivity contribution is 6.74. The van der Waals surface area contributed by atoms with Gasteiger partial charge in [-0.1, -0.05) is 105 Å². The summed E-state index contributed by atoms with van der Waals surface area (Å²) in [6, 6.07) is 14.6. The maximum atomic E-state index is 7.30. The zero-order chi connectivity index (χ0) is 31.9. The fourth-order valence-corrected chi connectivity index (χ4v) is 13.1. The second kappa shape index (κ2) is 10.5. The van der Waals surface area contributed by atoms with Crippen LogP contribution in [0, 0.1) is 0 Å². The second-order valence-corrected chi connectivity index (χ2v) is 25.5. The molecule has 236 valence electrons. The van der Waals surface area contributed by atoms with Gasteiger partial charge in [-0.15, -0.1) is 0 Å². The molecule has 0 aliphatic carbocycles. The Bertz CT molecular complexity index is 1670. The smallest absolute Gasteiger partial charge is 0.349 e. The number of ether oxygens (including phenoxy) is 1. The molecule has 0 unspecified atom stereocenters. The lowest BCUT2D eigenvalue weighted by Crippen LogP contribution is -2.66. The monoisotopic (exact) mass is 632 g/mol. The number of nitrogens with zero attached hydrogens (tertiary/aromatic N) is 4. The van der Waals surface area contributed by atoms with Crippen LogP contribution in [0.4, 0.5) is 0 Å². The van der Waals surface area contributed by atoms with Gasteiger partial charge in [-0.2, -0.15) is 0 Å². The Hall–Kier alpha value is -2.48. The first-order chi connectivity index (χ1) is 20.5. The van der Waals surface area contributed by atoms with Crippen molar-refractivity contribution in [2.45, 2.75) is 115 Å². The third-order valence-electron chi connectivity index (χ3n) is 9.93. The lowest BCUT2D eigenvalue weighted by atomic mass is 10.0. The standard InChI is InChI=1S/C34H48N4O4Si2/c1-32(2,3)43(10,11)41-29-28-25(19-39-44(42-28,33(4,5)6)34(7,8)9)40-31(29)38-21-37-27-26(35-20-36-30(27)38)24-18-14-16-22-15-12-13-17-23(22)24/h12-18,20-21,25,28-29,31H,19H2,1-11H3/t25-,28+,29+,31-/m1/s1. The van der Waals surface area contributed by atoms with Gasteiger partial charge in [0.15, 0.2) is 20.2 Å². The van der Waals surface area contributed by atoms with Crippen LogP contribution in [0.15, 0.2) is 55.1 Å². The Morgan fingerprint density at radius 3 is 2.25 bits per heavy atom. The van der Waals surface area contributed by atoms with E-state index < -0.39 is 23.1 Å². The number of rotatable bonds is 4. The molecule has 4 aromatic rings. The van der Waals surface area contributed by atoms with Crippen LogP contribution in [-0.4, -0.2) is 61.3 Å². The third-order valence-corrected chi connectivity index (χ3v) is 19.5. The Balaban J connectivity index is 1.47. The average Bonchev–Trinajstić information content (AvgIpc) is 3.51. The molecular formula is C34H48N4O4Si2. The van der Waals surface area contributed by atoms with E-state index in [0.29, 0.717) is 12.3 Å². The largest absolute Gasteiger partial charge is 0.407 e. The lowest BCUT2D eigenvalue weighted by Gasteiger charge is -2.54. The molecule has 4 atom stereocenters. The SMILES string of the molecule is CC(C)(C)[Si](C)(C)O[C@H]1[C@H]2O[Si](C(C)(C)C)(C(C)(C)C)OC[C@H]2O[C@H]1n1cnc2c(-c3cccc4ccccc34)ncnc21. The van der Waals surface area contributed by atoms with Gasteiger partial charge in [-0.3, -0.25) is 4.57 Å². The normalized spacial score (nSPS) is 24.6. The average molecular weight is 633 g/mol. The van der Waals surface area contributed by atoms with Gasteiger partial charge >= 0.3 is 8.56 Å². The van der Waals surface area contributed by atoms with Crippen molar-refractivity contribution in [2.24, 2.45) is 0 Å². The van der Waals surface area contributed by atoms with Gasteiger partial charge < -0.3 is 18.0 Å². The van der Waals surface area contributed by atoms with Crippen LogP contribution in [0.1, 0.15) is 68.5 Å². The van der Waals surface area contributed by atoms with E-state index in [1.54, 1.807) is 6.33 Å². The van der Waals surface area contributed by atoms with Crippen molar-refractivity contribution in [1.29, 1.82) is 0 Å². The molecule has 2 saturated heterocycles. The number of benzene rings is 2. The van der Waals surface area contributed by atoms with Crippen LogP contribution >= 0.6 is 0 Å². The highest BCUT2D eigenvalue weighted by Gasteiger charge is 2.66. The van der Waals surface area contributed by atoms with E-state index >= 15 is 0 Å². The van der Waals surface area contributed by atoms with E-state index in [4.69, 9.17) is 33.0 Å². The van der Waals surface area contributed by atoms with Crippen molar-refractivity contribution in [3.8, 4) is 11.3 Å². The summed E-state index contributed by atoms with van der Waals surface area (Å²) in [4.78, 5) is 14.4. The Morgan fingerprint density at radius 2 is 1.57 bits per heavy atom. The third kappa shape index (κ3) is 4.98. The van der Waals surface area contributed by atoms with E-state index in [-0.39, 0.29) is 33.4 Å². The van der Waals surface area contributed by atoms with Crippen LogP contribution in [0.5, 0.6) is 0 Å². The van der Waals surface area contributed by atoms with Gasteiger partial charge in [0.1, 0.15) is 35.8 Å². The van der Waals surface area contributed by atoms with E-state index in [9.17, 15) is 0 Å². The highest BCUT2D eigenvalue weighted by atomic mass is 28.4. The van der Waals surface area contributed by atoms with Crippen LogP contribution in [0.3, 0.4) is 0 Å². The molecular weight excluding hydrogens is 585 g/mol. The first-order valence-electron chi connectivity index (χ1n) is 15.8. The summed E-state index contributed by atoms with van der Waals surface area (Å²) in [7, 11) is -5.03. The minimum atomic E-state index is -2.78. The molecule has 0 saturated carbocycles. The molecule has 44 heavy (non-hydrogen) atoms. The van der Waals surface area contributed by atoms with Crippen molar-refractivity contribution >= 4 is 38.8 Å². The summed E-state index contributed by atoms with van der Waals surface area (Å²) in [5.74, 6) is 0. The lowest BCUT2D eigenvalue weighted by molar-refractivity contribution is -0.0795. The zero-order valence-electron chi connectivity index (χ0n) is 28.1. The van der Waals surface area contributed by atoms with E-state index in [2.05, 4.69) is 118 Å². The predicted molar refractivity (Wildman–Crippen MR) is 180 cm³/mol. The minimum absolute atomic E-state index is 0.00405. The summed E-state index contributed by atoms with van der Waals surface area (Å²) in [6.07, 6.45) is 2.08. The molecule has 2 aliphatic rings. The maximum absolute atomic E-state index is 7.30. The number of imidazole rings is 1. The predicted octanol–water partition coefficient (Wildman–Crippen LogP) is 8.39. The molecule has 0 radical (unpaired) electrons. The number of hydrogen-bond donors (Lipinski definition) is 0.